The first kappa shape index (κ1) is 14.8. The minimum Gasteiger partial charge on any atom is -0.364 e. The maximum absolute atomic E-state index is 12.7. The number of hydrazine groups is 2. The number of aliphatic hydroxyl groups is 1. The van der Waals surface area contributed by atoms with Gasteiger partial charge in [0.2, 0.25) is 5.72 Å². The molecular formula is C16H14N4O4. The molecule has 0 aromatic heterocycles. The van der Waals surface area contributed by atoms with Crippen LogP contribution in [0.25, 0.3) is 0 Å². The van der Waals surface area contributed by atoms with Crippen molar-refractivity contribution in [3.05, 3.63) is 69.8 Å². The summed E-state index contributed by atoms with van der Waals surface area (Å²) in [5, 5.41) is 23.7. The van der Waals surface area contributed by atoms with Crippen LogP contribution in [0.1, 0.15) is 22.8 Å². The summed E-state index contributed by atoms with van der Waals surface area (Å²) in [5.41, 5.74) is 4.11. The summed E-state index contributed by atoms with van der Waals surface area (Å²) in [6, 6.07) is 12.6. The minimum atomic E-state index is -1.66. The molecule has 3 N–H and O–H groups in total. The normalized spacial score (nSPS) is 27.9. The van der Waals surface area contributed by atoms with E-state index in [4.69, 9.17) is 0 Å². The molecule has 1 aliphatic carbocycles. The Morgan fingerprint density at radius 2 is 1.83 bits per heavy atom. The van der Waals surface area contributed by atoms with Crippen LogP contribution in [-0.2, 0) is 5.72 Å². The van der Waals surface area contributed by atoms with Gasteiger partial charge in [0.15, 0.2) is 5.78 Å². The second-order valence-electron chi connectivity index (χ2n) is 6.02. The topological polar surface area (TPSA) is 108 Å². The first-order valence-corrected chi connectivity index (χ1v) is 7.34. The number of nitrogens with zero attached hydrogens (tertiary/aromatic N) is 2. The highest BCUT2D eigenvalue weighted by Crippen LogP contribution is 2.49. The number of benzene rings is 2. The molecule has 0 amide bonds. The number of nitro groups is 1. The van der Waals surface area contributed by atoms with Gasteiger partial charge in [-0.05, 0) is 19.1 Å². The third-order valence-corrected chi connectivity index (χ3v) is 4.76. The van der Waals surface area contributed by atoms with E-state index in [9.17, 15) is 20.0 Å². The van der Waals surface area contributed by atoms with Gasteiger partial charge in [-0.15, -0.1) is 0 Å². The van der Waals surface area contributed by atoms with Crippen LogP contribution in [0, 0.1) is 10.1 Å². The Kier molecular flexibility index (Phi) is 2.83. The SMILES string of the molecule is CC12NNN(c3ccc([N+](=O)[O-])cc3)C1(O)c1ccccc1C2=O. The van der Waals surface area contributed by atoms with Gasteiger partial charge in [0.25, 0.3) is 5.69 Å². The molecule has 0 bridgehead atoms. The van der Waals surface area contributed by atoms with Crippen LogP contribution in [0.3, 0.4) is 0 Å². The van der Waals surface area contributed by atoms with Crippen molar-refractivity contribution in [3.63, 3.8) is 0 Å². The van der Waals surface area contributed by atoms with Crippen LogP contribution in [0.2, 0.25) is 0 Å². The van der Waals surface area contributed by atoms with Gasteiger partial charge in [0.1, 0.15) is 5.54 Å². The van der Waals surface area contributed by atoms with Gasteiger partial charge < -0.3 is 5.11 Å². The number of anilines is 1. The summed E-state index contributed by atoms with van der Waals surface area (Å²) in [5.74, 6) is -0.225. The molecule has 1 fully saturated rings. The molecule has 1 saturated heterocycles. The van der Waals surface area contributed by atoms with Crippen LogP contribution >= 0.6 is 0 Å². The average molecular weight is 326 g/mol. The monoisotopic (exact) mass is 326 g/mol. The van der Waals surface area contributed by atoms with Crippen LogP contribution in [0.4, 0.5) is 11.4 Å². The second-order valence-corrected chi connectivity index (χ2v) is 6.02. The van der Waals surface area contributed by atoms with Crippen LogP contribution in [0.5, 0.6) is 0 Å². The highest BCUT2D eigenvalue weighted by molar-refractivity contribution is 6.10. The molecule has 0 saturated carbocycles. The molecule has 1 aliphatic heterocycles. The Hall–Kier alpha value is -2.81. The first-order chi connectivity index (χ1) is 11.4. The number of non-ortho nitro benzene ring substituents is 1. The predicted molar refractivity (Wildman–Crippen MR) is 84.9 cm³/mol. The lowest BCUT2D eigenvalue weighted by atomic mass is 9.89. The van der Waals surface area contributed by atoms with E-state index in [1.54, 1.807) is 31.2 Å². The molecule has 8 nitrogen and oxygen atoms in total. The number of carbonyl (C=O) groups excluding carboxylic acids is 1. The fourth-order valence-electron chi connectivity index (χ4n) is 3.39. The summed E-state index contributed by atoms with van der Waals surface area (Å²) >= 11 is 0. The number of fused-ring (bicyclic) bond motifs is 3. The third-order valence-electron chi connectivity index (χ3n) is 4.76. The number of hydrogen-bond donors (Lipinski definition) is 3. The molecule has 2 aliphatic rings. The van der Waals surface area contributed by atoms with Crippen LogP contribution in [-0.4, -0.2) is 21.4 Å². The average Bonchev–Trinajstić information content (AvgIpc) is 2.95. The van der Waals surface area contributed by atoms with E-state index in [-0.39, 0.29) is 11.5 Å². The zero-order valence-electron chi connectivity index (χ0n) is 12.7. The van der Waals surface area contributed by atoms with Gasteiger partial charge in [-0.25, -0.2) is 5.43 Å². The van der Waals surface area contributed by atoms with Crippen molar-refractivity contribution in [2.45, 2.75) is 18.2 Å². The summed E-state index contributed by atoms with van der Waals surface area (Å²) in [6.45, 7) is 1.62. The number of nitro benzene ring substituents is 1. The van der Waals surface area contributed by atoms with E-state index in [1.165, 1.54) is 29.3 Å². The third kappa shape index (κ3) is 1.59. The Balaban J connectivity index is 1.85. The van der Waals surface area contributed by atoms with Crippen LogP contribution in [0.15, 0.2) is 48.5 Å². The summed E-state index contributed by atoms with van der Waals surface area (Å²) in [7, 11) is 0. The van der Waals surface area contributed by atoms with Gasteiger partial charge in [-0.2, -0.15) is 5.53 Å². The molecule has 0 radical (unpaired) electrons. The number of nitrogens with one attached hydrogen (secondary N) is 2. The molecule has 2 aromatic carbocycles. The first-order valence-electron chi connectivity index (χ1n) is 7.34. The van der Waals surface area contributed by atoms with Crippen molar-refractivity contribution in [3.8, 4) is 0 Å². The van der Waals surface area contributed by atoms with Gasteiger partial charge in [0, 0.05) is 23.3 Å². The van der Waals surface area contributed by atoms with Gasteiger partial charge in [0.05, 0.1) is 10.6 Å². The van der Waals surface area contributed by atoms with E-state index < -0.39 is 16.2 Å². The lowest BCUT2D eigenvalue weighted by Crippen LogP contribution is -2.57. The molecule has 1 heterocycles. The molecule has 4 rings (SSSR count). The number of Topliss-reactive ketones (excluding diaryl/α,β-unsaturated/α-hetero) is 1. The lowest BCUT2D eigenvalue weighted by molar-refractivity contribution is -0.384. The quantitative estimate of drug-likeness (QED) is 0.562. The van der Waals surface area contributed by atoms with Crippen molar-refractivity contribution < 1.29 is 14.8 Å². The van der Waals surface area contributed by atoms with Crippen molar-refractivity contribution in [1.82, 2.24) is 11.0 Å². The minimum absolute atomic E-state index is 0.0523. The van der Waals surface area contributed by atoms with E-state index in [0.29, 0.717) is 16.8 Å². The Morgan fingerprint density at radius 1 is 1.17 bits per heavy atom. The second kappa shape index (κ2) is 4.60. The predicted octanol–water partition coefficient (Wildman–Crippen LogP) is 1.22. The van der Waals surface area contributed by atoms with Crippen molar-refractivity contribution in [2.75, 3.05) is 5.01 Å². The van der Waals surface area contributed by atoms with Crippen molar-refractivity contribution in [2.24, 2.45) is 0 Å². The summed E-state index contributed by atoms with van der Waals surface area (Å²) in [6.07, 6.45) is 0. The van der Waals surface area contributed by atoms with Crippen molar-refractivity contribution >= 4 is 17.2 Å². The highest BCUT2D eigenvalue weighted by atomic mass is 16.6. The maximum atomic E-state index is 12.7. The molecule has 8 heteroatoms. The molecule has 122 valence electrons. The van der Waals surface area contributed by atoms with E-state index in [0.717, 1.165) is 0 Å². The fourth-order valence-corrected chi connectivity index (χ4v) is 3.39. The lowest BCUT2D eigenvalue weighted by Gasteiger charge is -2.36. The number of rotatable bonds is 2. The molecule has 2 aromatic rings. The molecule has 2 atom stereocenters. The van der Waals surface area contributed by atoms with Crippen LogP contribution < -0.4 is 16.0 Å². The van der Waals surface area contributed by atoms with Gasteiger partial charge in [-0.1, -0.05) is 24.3 Å². The molecule has 2 unspecified atom stereocenters. The Labute approximate surface area is 136 Å². The maximum Gasteiger partial charge on any atom is 0.269 e. The molecule has 0 spiro atoms. The Bertz CT molecular complexity index is 869. The summed E-state index contributed by atoms with van der Waals surface area (Å²) in [4.78, 5) is 23.1. The molecular weight excluding hydrogens is 312 g/mol. The smallest absolute Gasteiger partial charge is 0.269 e. The number of hydrogen-bond acceptors (Lipinski definition) is 7. The summed E-state index contributed by atoms with van der Waals surface area (Å²) < 4.78 is 0. The highest BCUT2D eigenvalue weighted by Gasteiger charge is 2.67. The van der Waals surface area contributed by atoms with Gasteiger partial charge >= 0.3 is 0 Å². The Morgan fingerprint density at radius 3 is 2.50 bits per heavy atom. The zero-order valence-corrected chi connectivity index (χ0v) is 12.7. The number of ketones is 1. The van der Waals surface area contributed by atoms with Gasteiger partial charge in [-0.3, -0.25) is 19.9 Å². The molecule has 24 heavy (non-hydrogen) atoms. The van der Waals surface area contributed by atoms with E-state index in [2.05, 4.69) is 11.0 Å². The largest absolute Gasteiger partial charge is 0.364 e. The zero-order chi connectivity index (χ0) is 17.1. The van der Waals surface area contributed by atoms with E-state index >= 15 is 0 Å². The van der Waals surface area contributed by atoms with E-state index in [1.807, 2.05) is 0 Å². The van der Waals surface area contributed by atoms with Crippen molar-refractivity contribution in [1.29, 1.82) is 0 Å². The fraction of sp³-hybridized carbons (Fsp3) is 0.188. The number of carbonyl (C=O) groups is 1. The standard InChI is InChI=1S/C16H14N4O4/c1-15-14(21)12-4-2-3-5-13(12)16(15,22)19(18-17-15)10-6-8-11(9-7-10)20(23)24/h2-9,17-18,22H,1H3.